The molecule has 1 aromatic carbocycles. The Morgan fingerprint density at radius 1 is 1.39 bits per heavy atom. The van der Waals surface area contributed by atoms with Gasteiger partial charge in [-0.2, -0.15) is 0 Å². The molecule has 2 N–H and O–H groups in total. The van der Waals surface area contributed by atoms with Gasteiger partial charge in [0.1, 0.15) is 5.82 Å². The first-order valence-corrected chi connectivity index (χ1v) is 6.22. The van der Waals surface area contributed by atoms with Crippen molar-refractivity contribution in [2.45, 2.75) is 32.4 Å². The highest BCUT2D eigenvalue weighted by Crippen LogP contribution is 2.21. The summed E-state index contributed by atoms with van der Waals surface area (Å²) in [7, 11) is 1.64. The molecule has 0 saturated heterocycles. The molecule has 102 valence electrons. The van der Waals surface area contributed by atoms with Crippen LogP contribution in [0.15, 0.2) is 24.3 Å². The molecule has 3 nitrogen and oxygen atoms in total. The van der Waals surface area contributed by atoms with Gasteiger partial charge >= 0.3 is 0 Å². The van der Waals surface area contributed by atoms with Crippen LogP contribution in [0.4, 0.5) is 10.1 Å². The van der Waals surface area contributed by atoms with Crippen LogP contribution in [-0.4, -0.2) is 31.8 Å². The van der Waals surface area contributed by atoms with Crippen LogP contribution < -0.4 is 10.6 Å². The SMILES string of the molecule is CCN(CC(N)C(C)(C)OC)c1ccccc1F. The number of nitrogens with zero attached hydrogens (tertiary/aromatic N) is 1. The molecule has 0 aliphatic rings. The molecular formula is C14H23FN2O. The topological polar surface area (TPSA) is 38.5 Å². The standard InChI is InChI=1S/C14H23FN2O/c1-5-17(10-13(16)14(2,3)18-4)12-9-7-6-8-11(12)15/h6-9,13H,5,10,16H2,1-4H3. The molecule has 0 amide bonds. The molecular weight excluding hydrogens is 231 g/mol. The van der Waals surface area contributed by atoms with Gasteiger partial charge in [0, 0.05) is 20.2 Å². The summed E-state index contributed by atoms with van der Waals surface area (Å²) in [5, 5.41) is 0. The van der Waals surface area contributed by atoms with E-state index < -0.39 is 5.60 Å². The predicted molar refractivity (Wildman–Crippen MR) is 73.4 cm³/mol. The number of halogens is 1. The van der Waals surface area contributed by atoms with Crippen LogP contribution >= 0.6 is 0 Å². The molecule has 0 heterocycles. The van der Waals surface area contributed by atoms with Crippen LogP contribution in [0.25, 0.3) is 0 Å². The quantitative estimate of drug-likeness (QED) is 0.847. The van der Waals surface area contributed by atoms with Crippen LogP contribution in [0.1, 0.15) is 20.8 Å². The van der Waals surface area contributed by atoms with Crippen LogP contribution in [0.5, 0.6) is 0 Å². The largest absolute Gasteiger partial charge is 0.377 e. The van der Waals surface area contributed by atoms with Gasteiger partial charge < -0.3 is 15.4 Å². The van der Waals surface area contributed by atoms with E-state index in [-0.39, 0.29) is 11.9 Å². The van der Waals surface area contributed by atoms with E-state index in [1.807, 2.05) is 31.7 Å². The lowest BCUT2D eigenvalue weighted by molar-refractivity contribution is 0.00259. The van der Waals surface area contributed by atoms with Crippen molar-refractivity contribution in [3.63, 3.8) is 0 Å². The van der Waals surface area contributed by atoms with Gasteiger partial charge in [-0.1, -0.05) is 12.1 Å². The van der Waals surface area contributed by atoms with Crippen molar-refractivity contribution in [3.8, 4) is 0 Å². The number of nitrogens with two attached hydrogens (primary N) is 1. The highest BCUT2D eigenvalue weighted by Gasteiger charge is 2.28. The third kappa shape index (κ3) is 3.43. The van der Waals surface area contributed by atoms with Gasteiger partial charge in [-0.25, -0.2) is 4.39 Å². The number of rotatable bonds is 6. The van der Waals surface area contributed by atoms with Gasteiger partial charge in [-0.15, -0.1) is 0 Å². The molecule has 0 aliphatic carbocycles. The van der Waals surface area contributed by atoms with Gasteiger partial charge in [0.2, 0.25) is 0 Å². The molecule has 1 aromatic rings. The number of methoxy groups -OCH3 is 1. The molecule has 0 bridgehead atoms. The molecule has 0 fully saturated rings. The maximum absolute atomic E-state index is 13.7. The Labute approximate surface area is 109 Å². The first-order chi connectivity index (χ1) is 8.42. The highest BCUT2D eigenvalue weighted by atomic mass is 19.1. The molecule has 1 rings (SSSR count). The molecule has 18 heavy (non-hydrogen) atoms. The summed E-state index contributed by atoms with van der Waals surface area (Å²) in [4.78, 5) is 1.93. The van der Waals surface area contributed by atoms with Gasteiger partial charge in [-0.3, -0.25) is 0 Å². The Balaban J connectivity index is 2.83. The zero-order chi connectivity index (χ0) is 13.8. The predicted octanol–water partition coefficient (Wildman–Crippen LogP) is 2.40. The minimum absolute atomic E-state index is 0.193. The zero-order valence-corrected chi connectivity index (χ0v) is 11.6. The summed E-state index contributed by atoms with van der Waals surface area (Å²) in [5.41, 5.74) is 6.29. The second-order valence-electron chi connectivity index (χ2n) is 4.90. The number of para-hydroxylation sites is 1. The summed E-state index contributed by atoms with van der Waals surface area (Å²) >= 11 is 0. The smallest absolute Gasteiger partial charge is 0.146 e. The van der Waals surface area contributed by atoms with E-state index in [1.54, 1.807) is 19.2 Å². The number of benzene rings is 1. The molecule has 4 heteroatoms. The van der Waals surface area contributed by atoms with Crippen LogP contribution in [-0.2, 0) is 4.74 Å². The second-order valence-corrected chi connectivity index (χ2v) is 4.90. The lowest BCUT2D eigenvalue weighted by Crippen LogP contribution is -2.51. The van der Waals surface area contributed by atoms with Crippen molar-refractivity contribution < 1.29 is 9.13 Å². The van der Waals surface area contributed by atoms with E-state index >= 15 is 0 Å². The molecule has 0 radical (unpaired) electrons. The Morgan fingerprint density at radius 2 is 2.00 bits per heavy atom. The van der Waals surface area contributed by atoms with Crippen LogP contribution in [0.2, 0.25) is 0 Å². The second kappa shape index (κ2) is 6.16. The van der Waals surface area contributed by atoms with Crippen molar-refractivity contribution in [1.82, 2.24) is 0 Å². The van der Waals surface area contributed by atoms with Gasteiger partial charge in [0.15, 0.2) is 0 Å². The molecule has 0 spiro atoms. The van der Waals surface area contributed by atoms with Crippen molar-refractivity contribution in [1.29, 1.82) is 0 Å². The maximum atomic E-state index is 13.7. The number of likely N-dealkylation sites (N-methyl/N-ethyl adjacent to an activating group) is 1. The Bertz CT molecular complexity index is 382. The van der Waals surface area contributed by atoms with E-state index in [0.29, 0.717) is 18.8 Å². The average molecular weight is 254 g/mol. The summed E-state index contributed by atoms with van der Waals surface area (Å²) in [6.07, 6.45) is 0. The summed E-state index contributed by atoms with van der Waals surface area (Å²) in [6.45, 7) is 7.12. The van der Waals surface area contributed by atoms with Crippen molar-refractivity contribution >= 4 is 5.69 Å². The third-order valence-electron chi connectivity index (χ3n) is 3.41. The Morgan fingerprint density at radius 3 is 2.50 bits per heavy atom. The first-order valence-electron chi connectivity index (χ1n) is 6.22. The number of hydrogen-bond donors (Lipinski definition) is 1. The van der Waals surface area contributed by atoms with Crippen LogP contribution in [0.3, 0.4) is 0 Å². The Kier molecular flexibility index (Phi) is 5.11. The lowest BCUT2D eigenvalue weighted by atomic mass is 9.98. The normalized spacial score (nSPS) is 13.4. The van der Waals surface area contributed by atoms with E-state index in [9.17, 15) is 4.39 Å². The number of anilines is 1. The van der Waals surface area contributed by atoms with E-state index in [4.69, 9.17) is 10.5 Å². The zero-order valence-electron chi connectivity index (χ0n) is 11.6. The molecule has 1 atom stereocenters. The van der Waals surface area contributed by atoms with E-state index in [1.165, 1.54) is 6.07 Å². The fraction of sp³-hybridized carbons (Fsp3) is 0.571. The highest BCUT2D eigenvalue weighted by molar-refractivity contribution is 5.47. The van der Waals surface area contributed by atoms with Crippen molar-refractivity contribution in [2.24, 2.45) is 5.73 Å². The lowest BCUT2D eigenvalue weighted by Gasteiger charge is -2.35. The summed E-state index contributed by atoms with van der Waals surface area (Å²) < 4.78 is 19.1. The van der Waals surface area contributed by atoms with Crippen molar-refractivity contribution in [2.75, 3.05) is 25.1 Å². The van der Waals surface area contributed by atoms with E-state index in [0.717, 1.165) is 0 Å². The van der Waals surface area contributed by atoms with Gasteiger partial charge in [0.05, 0.1) is 17.3 Å². The van der Waals surface area contributed by atoms with Gasteiger partial charge in [0.25, 0.3) is 0 Å². The monoisotopic (exact) mass is 254 g/mol. The molecule has 1 unspecified atom stereocenters. The summed E-state index contributed by atoms with van der Waals surface area (Å²) in [5.74, 6) is -0.221. The summed E-state index contributed by atoms with van der Waals surface area (Å²) in [6, 6.07) is 6.55. The number of ether oxygens (including phenoxy) is 1. The third-order valence-corrected chi connectivity index (χ3v) is 3.41. The first kappa shape index (κ1) is 14.9. The minimum Gasteiger partial charge on any atom is -0.377 e. The molecule has 0 aliphatic heterocycles. The van der Waals surface area contributed by atoms with Crippen LogP contribution in [0, 0.1) is 5.82 Å². The fourth-order valence-electron chi connectivity index (χ4n) is 1.71. The van der Waals surface area contributed by atoms with Crippen molar-refractivity contribution in [3.05, 3.63) is 30.1 Å². The molecule has 0 saturated carbocycles. The Hall–Kier alpha value is -1.13. The van der Waals surface area contributed by atoms with E-state index in [2.05, 4.69) is 0 Å². The maximum Gasteiger partial charge on any atom is 0.146 e. The average Bonchev–Trinajstić information content (AvgIpc) is 2.36. The molecule has 0 aromatic heterocycles. The number of hydrogen-bond acceptors (Lipinski definition) is 3. The minimum atomic E-state index is -0.432. The van der Waals surface area contributed by atoms with Gasteiger partial charge in [-0.05, 0) is 32.9 Å². The fourth-order valence-corrected chi connectivity index (χ4v) is 1.71.